The van der Waals surface area contributed by atoms with Crippen molar-refractivity contribution in [3.8, 4) is 0 Å². The van der Waals surface area contributed by atoms with E-state index in [9.17, 15) is 4.55 Å². The van der Waals surface area contributed by atoms with E-state index in [0.717, 1.165) is 35.7 Å². The van der Waals surface area contributed by atoms with Crippen molar-refractivity contribution in [2.75, 3.05) is 12.8 Å². The molecular formula is C16H18N2OS2. The molecule has 1 fully saturated rings. The molecule has 1 N–H and O–H groups in total. The van der Waals surface area contributed by atoms with Crippen LogP contribution in [-0.4, -0.2) is 27.3 Å². The molecule has 5 heteroatoms. The zero-order valence-corrected chi connectivity index (χ0v) is 13.6. The Kier molecular flexibility index (Phi) is 4.15. The molecule has 3 nitrogen and oxygen atoms in total. The monoisotopic (exact) mass is 318 g/mol. The van der Waals surface area contributed by atoms with E-state index in [1.165, 1.54) is 0 Å². The number of aromatic nitrogens is 1. The van der Waals surface area contributed by atoms with Crippen molar-refractivity contribution in [2.45, 2.75) is 24.0 Å². The van der Waals surface area contributed by atoms with Crippen molar-refractivity contribution >= 4 is 39.3 Å². The second kappa shape index (κ2) is 5.91. The minimum absolute atomic E-state index is 0.584. The van der Waals surface area contributed by atoms with Crippen molar-refractivity contribution in [3.63, 3.8) is 0 Å². The van der Waals surface area contributed by atoms with Gasteiger partial charge in [-0.3, -0.25) is 4.98 Å². The predicted molar refractivity (Wildman–Crippen MR) is 91.9 cm³/mol. The summed E-state index contributed by atoms with van der Waals surface area (Å²) in [6.07, 6.45) is 4.70. The molecule has 110 valence electrons. The molecule has 0 amide bonds. The maximum atomic E-state index is 12.8. The summed E-state index contributed by atoms with van der Waals surface area (Å²) in [5.74, 6) is 0.703. The molecule has 0 spiro atoms. The summed E-state index contributed by atoms with van der Waals surface area (Å²) in [5.41, 5.74) is 1.92. The van der Waals surface area contributed by atoms with Crippen LogP contribution < -0.4 is 5.32 Å². The lowest BCUT2D eigenvalue weighted by Crippen LogP contribution is -2.50. The summed E-state index contributed by atoms with van der Waals surface area (Å²) in [5, 5.41) is 4.13. The minimum Gasteiger partial charge on any atom is -0.615 e. The van der Waals surface area contributed by atoms with E-state index < -0.39 is 15.9 Å². The molecule has 0 aliphatic carbocycles. The number of para-hydroxylation sites is 1. The first-order chi connectivity index (χ1) is 10.2. The quantitative estimate of drug-likeness (QED) is 0.683. The van der Waals surface area contributed by atoms with E-state index in [1.807, 2.05) is 37.5 Å². The van der Waals surface area contributed by atoms with Gasteiger partial charge in [-0.2, -0.15) is 0 Å². The average Bonchev–Trinajstić information content (AvgIpc) is 2.54. The second-order valence-electron chi connectivity index (χ2n) is 5.33. The average molecular weight is 318 g/mol. The Hall–Kier alpha value is -1.17. The first-order valence-electron chi connectivity index (χ1n) is 7.14. The third kappa shape index (κ3) is 2.43. The van der Waals surface area contributed by atoms with Crippen molar-refractivity contribution in [1.29, 1.82) is 0 Å². The number of nitrogens with zero attached hydrogens (tertiary/aromatic N) is 1. The van der Waals surface area contributed by atoms with Crippen LogP contribution in [0.25, 0.3) is 10.9 Å². The maximum Gasteiger partial charge on any atom is 0.201 e. The third-order valence-corrected chi connectivity index (χ3v) is 6.91. The topological polar surface area (TPSA) is 48.0 Å². The van der Waals surface area contributed by atoms with Crippen LogP contribution in [0.15, 0.2) is 36.5 Å². The van der Waals surface area contributed by atoms with Gasteiger partial charge < -0.3 is 9.87 Å². The first kappa shape index (κ1) is 14.8. The Bertz CT molecular complexity index is 676. The van der Waals surface area contributed by atoms with Crippen LogP contribution in [0.2, 0.25) is 0 Å². The molecule has 1 aromatic heterocycles. The van der Waals surface area contributed by atoms with Gasteiger partial charge in [0.25, 0.3) is 0 Å². The summed E-state index contributed by atoms with van der Waals surface area (Å²) < 4.78 is 12.2. The number of hydrogen-bond donors (Lipinski definition) is 1. The molecule has 3 rings (SSSR count). The Labute approximate surface area is 133 Å². The maximum absolute atomic E-state index is 12.8. The molecule has 1 aliphatic heterocycles. The van der Waals surface area contributed by atoms with Gasteiger partial charge in [0.2, 0.25) is 4.75 Å². The van der Waals surface area contributed by atoms with E-state index in [4.69, 9.17) is 12.2 Å². The molecule has 0 radical (unpaired) electrons. The number of benzene rings is 1. The van der Waals surface area contributed by atoms with Gasteiger partial charge in [0.15, 0.2) is 0 Å². The molecular weight excluding hydrogens is 300 g/mol. The van der Waals surface area contributed by atoms with Gasteiger partial charge >= 0.3 is 0 Å². The lowest BCUT2D eigenvalue weighted by atomic mass is 9.92. The van der Waals surface area contributed by atoms with Gasteiger partial charge in [0, 0.05) is 30.6 Å². The van der Waals surface area contributed by atoms with Crippen LogP contribution in [0.1, 0.15) is 24.8 Å². The first-order valence-corrected chi connectivity index (χ1v) is 8.87. The molecule has 1 aromatic carbocycles. The number of nitrogens with one attached hydrogen (secondary N) is 1. The number of fused-ring (bicyclic) bond motifs is 1. The molecule has 2 aromatic rings. The van der Waals surface area contributed by atoms with Crippen LogP contribution >= 0.6 is 12.2 Å². The van der Waals surface area contributed by atoms with Crippen LogP contribution in [0.5, 0.6) is 0 Å². The molecule has 2 unspecified atom stereocenters. The van der Waals surface area contributed by atoms with Gasteiger partial charge in [0.05, 0.1) is 5.52 Å². The van der Waals surface area contributed by atoms with Crippen molar-refractivity contribution in [2.24, 2.45) is 0 Å². The van der Waals surface area contributed by atoms with E-state index in [2.05, 4.69) is 16.4 Å². The number of likely N-dealkylation sites (N-methyl/N-ethyl adjacent to an activating group) is 1. The summed E-state index contributed by atoms with van der Waals surface area (Å²) in [4.78, 5) is 5.20. The third-order valence-electron chi connectivity index (χ3n) is 4.15. The molecule has 2 atom stereocenters. The Morgan fingerprint density at radius 3 is 2.95 bits per heavy atom. The number of pyridine rings is 1. The standard InChI is InChI=1S/C16H18N2OS2/c1-17-15(20)16(8-4-5-9-21(16)19)13-10-12-6-2-3-7-14(12)18-11-13/h2-3,6-7,10-11H,4-5,8-9H2,1H3,(H,17,20). The Morgan fingerprint density at radius 1 is 1.38 bits per heavy atom. The SMILES string of the molecule is CNC(=S)C1(c2cnc3ccccc3c2)CCCC[S+]1[O-]. The summed E-state index contributed by atoms with van der Waals surface area (Å²) in [6, 6.07) is 10.1. The zero-order valence-electron chi connectivity index (χ0n) is 12.0. The van der Waals surface area contributed by atoms with Crippen LogP contribution in [0.4, 0.5) is 0 Å². The van der Waals surface area contributed by atoms with Gasteiger partial charge in [-0.15, -0.1) is 0 Å². The van der Waals surface area contributed by atoms with Gasteiger partial charge in [0.1, 0.15) is 10.7 Å². The van der Waals surface area contributed by atoms with Crippen molar-refractivity contribution < 1.29 is 4.55 Å². The van der Waals surface area contributed by atoms with Crippen LogP contribution in [0, 0.1) is 0 Å². The highest BCUT2D eigenvalue weighted by atomic mass is 32.2. The molecule has 2 heterocycles. The van der Waals surface area contributed by atoms with Gasteiger partial charge in [-0.25, -0.2) is 0 Å². The van der Waals surface area contributed by atoms with Crippen molar-refractivity contribution in [1.82, 2.24) is 10.3 Å². The smallest absolute Gasteiger partial charge is 0.201 e. The molecule has 1 saturated heterocycles. The van der Waals surface area contributed by atoms with E-state index in [0.29, 0.717) is 10.7 Å². The number of thiocarbonyl (C=S) groups is 1. The van der Waals surface area contributed by atoms with Crippen LogP contribution in [0.3, 0.4) is 0 Å². The number of hydrogen-bond acceptors (Lipinski definition) is 3. The van der Waals surface area contributed by atoms with Crippen molar-refractivity contribution in [3.05, 3.63) is 42.1 Å². The van der Waals surface area contributed by atoms with E-state index in [-0.39, 0.29) is 0 Å². The van der Waals surface area contributed by atoms with Crippen LogP contribution in [-0.2, 0) is 15.9 Å². The Morgan fingerprint density at radius 2 is 2.19 bits per heavy atom. The fourth-order valence-electron chi connectivity index (χ4n) is 3.01. The highest BCUT2D eigenvalue weighted by molar-refractivity contribution is 7.95. The summed E-state index contributed by atoms with van der Waals surface area (Å²) in [6.45, 7) is 0. The predicted octanol–water partition coefficient (Wildman–Crippen LogP) is 2.91. The van der Waals surface area contributed by atoms with E-state index in [1.54, 1.807) is 0 Å². The van der Waals surface area contributed by atoms with Gasteiger partial charge in [-0.1, -0.05) is 30.4 Å². The Balaban J connectivity index is 2.16. The summed E-state index contributed by atoms with van der Waals surface area (Å²) >= 11 is 4.53. The fraction of sp³-hybridized carbons (Fsp3) is 0.375. The second-order valence-corrected chi connectivity index (χ2v) is 7.53. The zero-order chi connectivity index (χ0) is 14.9. The summed E-state index contributed by atoms with van der Waals surface area (Å²) in [7, 11) is 1.81. The fourth-order valence-corrected chi connectivity index (χ4v) is 5.38. The molecule has 1 aliphatic rings. The lowest BCUT2D eigenvalue weighted by Gasteiger charge is -2.39. The lowest BCUT2D eigenvalue weighted by molar-refractivity contribution is 0.514. The van der Waals surface area contributed by atoms with Gasteiger partial charge in [-0.05, 0) is 36.2 Å². The highest BCUT2D eigenvalue weighted by Gasteiger charge is 2.49. The minimum atomic E-state index is -1.00. The highest BCUT2D eigenvalue weighted by Crippen LogP contribution is 2.41. The molecule has 21 heavy (non-hydrogen) atoms. The largest absolute Gasteiger partial charge is 0.615 e. The normalized spacial score (nSPS) is 25.7. The molecule has 0 saturated carbocycles. The molecule has 0 bridgehead atoms. The van der Waals surface area contributed by atoms with E-state index >= 15 is 0 Å². The number of rotatable bonds is 2.